The molecule has 0 aromatic heterocycles. The fourth-order valence-electron chi connectivity index (χ4n) is 4.08. The van der Waals surface area contributed by atoms with Crippen molar-refractivity contribution in [3.05, 3.63) is 71.5 Å². The summed E-state index contributed by atoms with van der Waals surface area (Å²) < 4.78 is 19.0. The van der Waals surface area contributed by atoms with Gasteiger partial charge < -0.3 is 19.8 Å². The van der Waals surface area contributed by atoms with Gasteiger partial charge in [0, 0.05) is 6.54 Å². The standard InChI is InChI=1S/C24H32FNO3/c1-2-23(18-6-4-3-5-7-18)29-17-22(27)16-26-14-12-20(13-15-26)24(28)19-8-10-21(25)11-9-19/h3-11,20,22-24,27-28H,2,12-17H2,1H3. The summed E-state index contributed by atoms with van der Waals surface area (Å²) in [4.78, 5) is 2.23. The smallest absolute Gasteiger partial charge is 0.123 e. The lowest BCUT2D eigenvalue weighted by Crippen LogP contribution is -2.41. The molecule has 2 aromatic carbocycles. The first-order valence-electron chi connectivity index (χ1n) is 10.6. The minimum atomic E-state index is -0.567. The Morgan fingerprint density at radius 2 is 1.66 bits per heavy atom. The molecule has 0 aliphatic carbocycles. The zero-order chi connectivity index (χ0) is 20.6. The number of piperidine rings is 1. The third-order valence-corrected chi connectivity index (χ3v) is 5.79. The van der Waals surface area contributed by atoms with Crippen molar-refractivity contribution in [3.8, 4) is 0 Å². The maximum atomic E-state index is 13.1. The minimum Gasteiger partial charge on any atom is -0.389 e. The molecule has 1 fully saturated rings. The van der Waals surface area contributed by atoms with Gasteiger partial charge in [-0.15, -0.1) is 0 Å². The lowest BCUT2D eigenvalue weighted by Gasteiger charge is -2.35. The molecule has 1 saturated heterocycles. The Balaban J connectivity index is 1.41. The van der Waals surface area contributed by atoms with Gasteiger partial charge >= 0.3 is 0 Å². The van der Waals surface area contributed by atoms with E-state index >= 15 is 0 Å². The molecule has 5 heteroatoms. The summed E-state index contributed by atoms with van der Waals surface area (Å²) >= 11 is 0. The average molecular weight is 402 g/mol. The number of hydrogen-bond acceptors (Lipinski definition) is 4. The first-order chi connectivity index (χ1) is 14.1. The number of rotatable bonds is 9. The van der Waals surface area contributed by atoms with E-state index in [-0.39, 0.29) is 17.8 Å². The third-order valence-electron chi connectivity index (χ3n) is 5.79. The number of halogens is 1. The molecule has 2 N–H and O–H groups in total. The molecule has 0 saturated carbocycles. The lowest BCUT2D eigenvalue weighted by molar-refractivity contribution is -0.0300. The van der Waals surface area contributed by atoms with Crippen LogP contribution in [0.15, 0.2) is 54.6 Å². The summed E-state index contributed by atoms with van der Waals surface area (Å²) in [5.74, 6) is -0.128. The molecule has 1 aliphatic heterocycles. The first kappa shape index (κ1) is 21.9. The Morgan fingerprint density at radius 3 is 2.28 bits per heavy atom. The number of hydrogen-bond donors (Lipinski definition) is 2. The van der Waals surface area contributed by atoms with Crippen LogP contribution in [0.5, 0.6) is 0 Å². The van der Waals surface area contributed by atoms with Gasteiger partial charge in [-0.05, 0) is 61.5 Å². The first-order valence-corrected chi connectivity index (χ1v) is 10.6. The van der Waals surface area contributed by atoms with Gasteiger partial charge in [0.1, 0.15) is 5.82 Å². The molecule has 0 bridgehead atoms. The van der Waals surface area contributed by atoms with Crippen molar-refractivity contribution < 1.29 is 19.3 Å². The largest absolute Gasteiger partial charge is 0.389 e. The van der Waals surface area contributed by atoms with Crippen LogP contribution in [0.4, 0.5) is 4.39 Å². The number of aliphatic hydroxyl groups is 2. The van der Waals surface area contributed by atoms with E-state index in [2.05, 4.69) is 24.0 Å². The monoisotopic (exact) mass is 401 g/mol. The normalized spacial score (nSPS) is 19.0. The number of nitrogens with zero attached hydrogens (tertiary/aromatic N) is 1. The van der Waals surface area contributed by atoms with Gasteiger partial charge in [0.15, 0.2) is 0 Å². The molecule has 3 atom stereocenters. The predicted octanol–water partition coefficient (Wildman–Crippen LogP) is 4.10. The molecule has 1 aliphatic rings. The number of ether oxygens (including phenoxy) is 1. The van der Waals surface area contributed by atoms with Crippen LogP contribution in [-0.4, -0.2) is 47.5 Å². The summed E-state index contributed by atoms with van der Waals surface area (Å²) in [7, 11) is 0. The van der Waals surface area contributed by atoms with E-state index in [0.29, 0.717) is 13.2 Å². The molecule has 158 valence electrons. The SMILES string of the molecule is CCC(OCC(O)CN1CCC(C(O)c2ccc(F)cc2)CC1)c1ccccc1. The number of β-amino-alcohol motifs (C(OH)–C–C–N with tert-alkyl or cyclic N) is 1. The highest BCUT2D eigenvalue weighted by atomic mass is 19.1. The van der Waals surface area contributed by atoms with Gasteiger partial charge in [-0.25, -0.2) is 4.39 Å². The van der Waals surface area contributed by atoms with Crippen molar-refractivity contribution in [2.75, 3.05) is 26.2 Å². The van der Waals surface area contributed by atoms with Gasteiger partial charge in [-0.2, -0.15) is 0 Å². The summed E-state index contributed by atoms with van der Waals surface area (Å²) in [6.07, 6.45) is 1.47. The Labute approximate surface area is 172 Å². The number of aliphatic hydroxyl groups excluding tert-OH is 2. The van der Waals surface area contributed by atoms with Crippen LogP contribution >= 0.6 is 0 Å². The lowest BCUT2D eigenvalue weighted by atomic mass is 9.87. The highest BCUT2D eigenvalue weighted by Gasteiger charge is 2.27. The van der Waals surface area contributed by atoms with Crippen LogP contribution in [0.3, 0.4) is 0 Å². The molecular weight excluding hydrogens is 369 g/mol. The van der Waals surface area contributed by atoms with E-state index in [9.17, 15) is 14.6 Å². The van der Waals surface area contributed by atoms with Crippen LogP contribution < -0.4 is 0 Å². The average Bonchev–Trinajstić information content (AvgIpc) is 2.75. The van der Waals surface area contributed by atoms with Gasteiger partial charge in [0.25, 0.3) is 0 Å². The molecule has 3 rings (SSSR count). The highest BCUT2D eigenvalue weighted by molar-refractivity contribution is 5.19. The number of benzene rings is 2. The predicted molar refractivity (Wildman–Crippen MR) is 112 cm³/mol. The van der Waals surface area contributed by atoms with E-state index < -0.39 is 12.2 Å². The quantitative estimate of drug-likeness (QED) is 0.664. The zero-order valence-electron chi connectivity index (χ0n) is 17.1. The summed E-state index contributed by atoms with van der Waals surface area (Å²) in [5.41, 5.74) is 1.91. The molecule has 4 nitrogen and oxygen atoms in total. The minimum absolute atomic E-state index is 0.00226. The van der Waals surface area contributed by atoms with Crippen molar-refractivity contribution >= 4 is 0 Å². The Hall–Kier alpha value is -1.79. The Morgan fingerprint density at radius 1 is 1.00 bits per heavy atom. The van der Waals surface area contributed by atoms with Crippen LogP contribution in [0, 0.1) is 11.7 Å². The Bertz CT molecular complexity index is 717. The van der Waals surface area contributed by atoms with Gasteiger partial charge in [0.05, 0.1) is 24.9 Å². The molecule has 29 heavy (non-hydrogen) atoms. The van der Waals surface area contributed by atoms with Crippen molar-refractivity contribution in [1.29, 1.82) is 0 Å². The van der Waals surface area contributed by atoms with Crippen LogP contribution in [0.25, 0.3) is 0 Å². The van der Waals surface area contributed by atoms with Crippen LogP contribution in [0.1, 0.15) is 49.5 Å². The molecule has 0 amide bonds. The molecular formula is C24H32FNO3. The van der Waals surface area contributed by atoms with E-state index in [4.69, 9.17) is 4.74 Å². The fraction of sp³-hybridized carbons (Fsp3) is 0.500. The second-order valence-corrected chi connectivity index (χ2v) is 7.93. The molecule has 1 heterocycles. The fourth-order valence-corrected chi connectivity index (χ4v) is 4.08. The summed E-state index contributed by atoms with van der Waals surface area (Å²) in [6.45, 7) is 4.63. The summed E-state index contributed by atoms with van der Waals surface area (Å²) in [6, 6.07) is 16.2. The van der Waals surface area contributed by atoms with Crippen molar-refractivity contribution in [2.24, 2.45) is 5.92 Å². The molecule has 0 radical (unpaired) electrons. The van der Waals surface area contributed by atoms with Gasteiger partial charge in [-0.1, -0.05) is 49.4 Å². The van der Waals surface area contributed by atoms with E-state index in [0.717, 1.165) is 43.5 Å². The van der Waals surface area contributed by atoms with E-state index in [1.165, 1.54) is 12.1 Å². The second kappa shape index (κ2) is 10.8. The van der Waals surface area contributed by atoms with Crippen LogP contribution in [0.2, 0.25) is 0 Å². The van der Waals surface area contributed by atoms with E-state index in [1.54, 1.807) is 12.1 Å². The maximum absolute atomic E-state index is 13.1. The molecule has 0 spiro atoms. The topological polar surface area (TPSA) is 52.9 Å². The number of likely N-dealkylation sites (tertiary alicyclic amines) is 1. The molecule has 2 aromatic rings. The zero-order valence-corrected chi connectivity index (χ0v) is 17.1. The van der Waals surface area contributed by atoms with Crippen molar-refractivity contribution in [3.63, 3.8) is 0 Å². The second-order valence-electron chi connectivity index (χ2n) is 7.93. The van der Waals surface area contributed by atoms with Crippen LogP contribution in [-0.2, 0) is 4.74 Å². The maximum Gasteiger partial charge on any atom is 0.123 e. The molecule has 3 unspecified atom stereocenters. The van der Waals surface area contributed by atoms with Gasteiger partial charge in [0.2, 0.25) is 0 Å². The summed E-state index contributed by atoms with van der Waals surface area (Å²) in [5, 5.41) is 21.0. The highest BCUT2D eigenvalue weighted by Crippen LogP contribution is 2.31. The van der Waals surface area contributed by atoms with Crippen molar-refractivity contribution in [2.45, 2.75) is 44.5 Å². The van der Waals surface area contributed by atoms with Crippen molar-refractivity contribution in [1.82, 2.24) is 4.90 Å². The Kier molecular flexibility index (Phi) is 8.19. The van der Waals surface area contributed by atoms with Gasteiger partial charge in [-0.3, -0.25) is 0 Å². The van der Waals surface area contributed by atoms with E-state index in [1.807, 2.05) is 18.2 Å². The third kappa shape index (κ3) is 6.34.